The van der Waals surface area contributed by atoms with Crippen LogP contribution < -0.4 is 5.19 Å². The van der Waals surface area contributed by atoms with Crippen LogP contribution in [0.15, 0.2) is 43.0 Å². The first-order valence-electron chi connectivity index (χ1n) is 6.22. The Hall–Kier alpha value is -0.823. The van der Waals surface area contributed by atoms with Crippen molar-refractivity contribution in [2.75, 3.05) is 0 Å². The molecule has 1 rings (SSSR count). The first-order chi connectivity index (χ1) is 7.55. The minimum atomic E-state index is -1.44. The molecule has 0 aromatic heterocycles. The Bertz CT molecular complexity index is 317. The summed E-state index contributed by atoms with van der Waals surface area (Å²) >= 11 is 0. The number of rotatable bonds is 5. The molecule has 1 aromatic rings. The zero-order valence-electron chi connectivity index (χ0n) is 11.0. The van der Waals surface area contributed by atoms with E-state index in [0.717, 1.165) is 11.1 Å². The Balaban J connectivity index is 3.27. The van der Waals surface area contributed by atoms with Gasteiger partial charge < -0.3 is 0 Å². The molecule has 16 heavy (non-hydrogen) atoms. The lowest BCUT2D eigenvalue weighted by Gasteiger charge is -2.39. The third-order valence-electron chi connectivity index (χ3n) is 3.85. The van der Waals surface area contributed by atoms with Gasteiger partial charge in [0, 0.05) is 0 Å². The lowest BCUT2D eigenvalue weighted by Crippen LogP contribution is -2.52. The van der Waals surface area contributed by atoms with Gasteiger partial charge in [-0.3, -0.25) is 0 Å². The van der Waals surface area contributed by atoms with Gasteiger partial charge in [-0.2, -0.15) is 0 Å². The molecule has 0 saturated carbocycles. The second kappa shape index (κ2) is 5.49. The molecule has 0 nitrogen and oxygen atoms in total. The number of hydrogen-bond acceptors (Lipinski definition) is 0. The van der Waals surface area contributed by atoms with Crippen LogP contribution in [-0.4, -0.2) is 8.07 Å². The van der Waals surface area contributed by atoms with Gasteiger partial charge in [0.2, 0.25) is 0 Å². The fourth-order valence-corrected chi connectivity index (χ4v) is 8.05. The maximum absolute atomic E-state index is 3.97. The van der Waals surface area contributed by atoms with E-state index in [2.05, 4.69) is 70.7 Å². The summed E-state index contributed by atoms with van der Waals surface area (Å²) in [4.78, 5) is 0. The highest BCUT2D eigenvalue weighted by molar-refractivity contribution is 6.94. The molecule has 1 aromatic carbocycles. The van der Waals surface area contributed by atoms with Crippen LogP contribution >= 0.6 is 0 Å². The molecule has 0 aliphatic heterocycles. The van der Waals surface area contributed by atoms with E-state index in [-0.39, 0.29) is 0 Å². The van der Waals surface area contributed by atoms with Crippen molar-refractivity contribution < 1.29 is 0 Å². The Morgan fingerprint density at radius 2 is 1.56 bits per heavy atom. The number of allylic oxidation sites excluding steroid dienone is 1. The predicted molar refractivity (Wildman–Crippen MR) is 77.0 cm³/mol. The summed E-state index contributed by atoms with van der Waals surface area (Å²) in [5.41, 5.74) is 1.51. The van der Waals surface area contributed by atoms with Gasteiger partial charge in [-0.05, 0) is 17.1 Å². The smallest absolute Gasteiger partial charge is 0.0954 e. The van der Waals surface area contributed by atoms with E-state index in [1.807, 2.05) is 0 Å². The zero-order valence-corrected chi connectivity index (χ0v) is 12.0. The summed E-state index contributed by atoms with van der Waals surface area (Å²) in [6.07, 6.45) is 2.12. The maximum Gasteiger partial charge on any atom is 0.0954 e. The Morgan fingerprint density at radius 1 is 1.06 bits per heavy atom. The van der Waals surface area contributed by atoms with Gasteiger partial charge in [0.05, 0.1) is 8.07 Å². The zero-order chi connectivity index (χ0) is 12.2. The van der Waals surface area contributed by atoms with Crippen molar-refractivity contribution in [2.45, 2.75) is 44.8 Å². The van der Waals surface area contributed by atoms with Gasteiger partial charge in [0.25, 0.3) is 0 Å². The van der Waals surface area contributed by atoms with E-state index >= 15 is 0 Å². The van der Waals surface area contributed by atoms with E-state index in [4.69, 9.17) is 0 Å². The fourth-order valence-electron chi connectivity index (χ4n) is 2.91. The Kier molecular flexibility index (Phi) is 4.54. The third-order valence-corrected chi connectivity index (χ3v) is 10.3. The molecule has 0 aliphatic rings. The van der Waals surface area contributed by atoms with Crippen molar-refractivity contribution in [2.24, 2.45) is 0 Å². The van der Waals surface area contributed by atoms with Crippen molar-refractivity contribution in [1.82, 2.24) is 0 Å². The fraction of sp³-hybridized carbons (Fsp3) is 0.467. The predicted octanol–water partition coefficient (Wildman–Crippen LogP) is 4.35. The molecular formula is C15H24Si. The molecule has 0 N–H and O–H groups in total. The normalized spacial score (nSPS) is 12.1. The van der Waals surface area contributed by atoms with E-state index in [1.54, 1.807) is 5.19 Å². The summed E-state index contributed by atoms with van der Waals surface area (Å²) in [5.74, 6) is 0. The van der Waals surface area contributed by atoms with Crippen LogP contribution in [0, 0.1) is 0 Å². The standard InChI is InChI=1S/C15H24Si/c1-6-12-16(13(2)3,14(4)5)15-10-8-7-9-11-15/h6-11,13-14H,1,12H2,2-5H3. The summed E-state index contributed by atoms with van der Waals surface area (Å²) < 4.78 is 0. The summed E-state index contributed by atoms with van der Waals surface area (Å²) in [6.45, 7) is 13.5. The lowest BCUT2D eigenvalue weighted by atomic mass is 10.4. The van der Waals surface area contributed by atoms with Crippen LogP contribution in [-0.2, 0) is 0 Å². The van der Waals surface area contributed by atoms with Crippen LogP contribution in [0.5, 0.6) is 0 Å². The third kappa shape index (κ3) is 2.30. The summed E-state index contributed by atoms with van der Waals surface area (Å²) in [5, 5.41) is 1.58. The maximum atomic E-state index is 3.97. The summed E-state index contributed by atoms with van der Waals surface area (Å²) in [7, 11) is -1.44. The molecule has 0 bridgehead atoms. The largest absolute Gasteiger partial charge is 0.103 e. The lowest BCUT2D eigenvalue weighted by molar-refractivity contribution is 0.906. The van der Waals surface area contributed by atoms with Crippen LogP contribution in [0.1, 0.15) is 27.7 Å². The van der Waals surface area contributed by atoms with Gasteiger partial charge in [-0.15, -0.1) is 6.58 Å². The topological polar surface area (TPSA) is 0 Å². The molecular weight excluding hydrogens is 208 g/mol. The van der Waals surface area contributed by atoms with E-state index in [9.17, 15) is 0 Å². The van der Waals surface area contributed by atoms with E-state index < -0.39 is 8.07 Å². The molecule has 0 aliphatic carbocycles. The van der Waals surface area contributed by atoms with Crippen LogP contribution in [0.2, 0.25) is 17.1 Å². The van der Waals surface area contributed by atoms with Crippen LogP contribution in [0.4, 0.5) is 0 Å². The molecule has 0 amide bonds. The van der Waals surface area contributed by atoms with E-state index in [0.29, 0.717) is 0 Å². The van der Waals surface area contributed by atoms with Gasteiger partial charge in [-0.25, -0.2) is 0 Å². The highest BCUT2D eigenvalue weighted by atomic mass is 28.3. The summed E-state index contributed by atoms with van der Waals surface area (Å²) in [6, 6.07) is 12.3. The van der Waals surface area contributed by atoms with Crippen LogP contribution in [0.3, 0.4) is 0 Å². The molecule has 88 valence electrons. The second-order valence-electron chi connectivity index (χ2n) is 5.21. The molecule has 0 atom stereocenters. The minimum Gasteiger partial charge on any atom is -0.103 e. The number of hydrogen-bond donors (Lipinski definition) is 0. The SMILES string of the molecule is C=CC[Si](c1ccccc1)(C(C)C)C(C)C. The molecule has 0 heterocycles. The van der Waals surface area contributed by atoms with Crippen molar-refractivity contribution >= 4 is 13.3 Å². The first-order valence-corrected chi connectivity index (χ1v) is 8.58. The number of benzene rings is 1. The highest BCUT2D eigenvalue weighted by Crippen LogP contribution is 2.35. The molecule has 0 unspecified atom stereocenters. The van der Waals surface area contributed by atoms with Crippen LogP contribution in [0.25, 0.3) is 0 Å². The molecule has 0 radical (unpaired) electrons. The quantitative estimate of drug-likeness (QED) is 0.523. The monoisotopic (exact) mass is 232 g/mol. The molecule has 1 heteroatoms. The molecule has 0 saturated heterocycles. The van der Waals surface area contributed by atoms with Gasteiger partial charge >= 0.3 is 0 Å². The van der Waals surface area contributed by atoms with Gasteiger partial charge in [-0.1, -0.05) is 69.3 Å². The average Bonchev–Trinajstić information content (AvgIpc) is 2.26. The molecule has 0 fully saturated rings. The minimum absolute atomic E-state index is 0.757. The Labute approximate surface area is 101 Å². The first kappa shape index (κ1) is 13.2. The second-order valence-corrected chi connectivity index (χ2v) is 10.6. The average molecular weight is 232 g/mol. The molecule has 0 spiro atoms. The highest BCUT2D eigenvalue weighted by Gasteiger charge is 2.39. The van der Waals surface area contributed by atoms with Gasteiger partial charge in [0.1, 0.15) is 0 Å². The van der Waals surface area contributed by atoms with Crippen molar-refractivity contribution in [3.05, 3.63) is 43.0 Å². The van der Waals surface area contributed by atoms with Crippen molar-refractivity contribution in [1.29, 1.82) is 0 Å². The van der Waals surface area contributed by atoms with E-state index in [1.165, 1.54) is 6.04 Å². The van der Waals surface area contributed by atoms with Crippen molar-refractivity contribution in [3.8, 4) is 0 Å². The van der Waals surface area contributed by atoms with Crippen molar-refractivity contribution in [3.63, 3.8) is 0 Å². The Morgan fingerprint density at radius 3 is 1.94 bits per heavy atom. The van der Waals surface area contributed by atoms with Gasteiger partial charge in [0.15, 0.2) is 0 Å².